The number of carboxylic acid groups (broad SMARTS) is 1. The maximum atomic E-state index is 10.5. The Balaban J connectivity index is 0.000000420. The van der Waals surface area contributed by atoms with Crippen molar-refractivity contribution in [2.75, 3.05) is 0 Å². The Morgan fingerprint density at radius 1 is 0.917 bits per heavy atom. The average molecular weight is 328 g/mol. The van der Waals surface area contributed by atoms with Gasteiger partial charge in [0.25, 0.3) is 0 Å². The van der Waals surface area contributed by atoms with Crippen LogP contribution in [-0.4, -0.2) is 11.1 Å². The van der Waals surface area contributed by atoms with Crippen molar-refractivity contribution in [1.29, 1.82) is 0 Å². The summed E-state index contributed by atoms with van der Waals surface area (Å²) >= 11 is 0. The molecule has 0 aromatic heterocycles. The van der Waals surface area contributed by atoms with Gasteiger partial charge in [-0.3, -0.25) is 4.79 Å². The Morgan fingerprint density at radius 2 is 1.46 bits per heavy atom. The number of carbonyl (C=O) groups is 1. The third-order valence-electron chi connectivity index (χ3n) is 3.83. The molecule has 2 aromatic carbocycles. The minimum Gasteiger partial charge on any atom is -0.481 e. The van der Waals surface area contributed by atoms with Crippen molar-refractivity contribution in [2.45, 2.75) is 61.3 Å². The average Bonchev–Trinajstić information content (AvgIpc) is 2.54. The first-order valence-corrected chi connectivity index (χ1v) is 8.67. The van der Waals surface area contributed by atoms with E-state index in [4.69, 9.17) is 5.11 Å². The van der Waals surface area contributed by atoms with E-state index < -0.39 is 5.97 Å². The lowest BCUT2D eigenvalue weighted by molar-refractivity contribution is -0.136. The molecule has 1 N–H and O–H groups in total. The van der Waals surface area contributed by atoms with Gasteiger partial charge in [0.05, 0.1) is 6.42 Å². The highest BCUT2D eigenvalue weighted by atomic mass is 16.4. The van der Waals surface area contributed by atoms with Crippen LogP contribution in [0.25, 0.3) is 0 Å². The van der Waals surface area contributed by atoms with E-state index >= 15 is 0 Å². The summed E-state index contributed by atoms with van der Waals surface area (Å²) in [4.78, 5) is 10.5. The zero-order valence-electron chi connectivity index (χ0n) is 16.2. The number of benzene rings is 2. The van der Waals surface area contributed by atoms with Gasteiger partial charge < -0.3 is 5.11 Å². The van der Waals surface area contributed by atoms with Gasteiger partial charge in [-0.05, 0) is 61.9 Å². The Labute approximate surface area is 147 Å². The van der Waals surface area contributed by atoms with Gasteiger partial charge in [0.15, 0.2) is 0 Å². The van der Waals surface area contributed by atoms with Crippen molar-refractivity contribution in [1.82, 2.24) is 0 Å². The highest BCUT2D eigenvalue weighted by molar-refractivity contribution is 5.70. The Hall–Kier alpha value is -2.09. The van der Waals surface area contributed by atoms with Gasteiger partial charge in [-0.1, -0.05) is 62.7 Å². The summed E-state index contributed by atoms with van der Waals surface area (Å²) in [5.74, 6) is -0.775. The molecule has 0 unspecified atom stereocenters. The summed E-state index contributed by atoms with van der Waals surface area (Å²) in [5, 5.41) is 8.62. The lowest BCUT2D eigenvalue weighted by Crippen LogP contribution is -2.01. The van der Waals surface area contributed by atoms with Crippen LogP contribution in [0.15, 0.2) is 36.4 Å². The van der Waals surface area contributed by atoms with E-state index in [1.807, 2.05) is 39.8 Å². The second-order valence-electron chi connectivity index (χ2n) is 5.77. The van der Waals surface area contributed by atoms with Crippen LogP contribution < -0.4 is 0 Å². The van der Waals surface area contributed by atoms with Gasteiger partial charge in [-0.25, -0.2) is 0 Å². The van der Waals surface area contributed by atoms with E-state index in [0.29, 0.717) is 0 Å². The van der Waals surface area contributed by atoms with Crippen molar-refractivity contribution in [3.63, 3.8) is 0 Å². The zero-order valence-corrected chi connectivity index (χ0v) is 16.2. The molecule has 2 aromatic rings. The molecule has 0 heterocycles. The van der Waals surface area contributed by atoms with Gasteiger partial charge >= 0.3 is 5.97 Å². The molecule has 0 aliphatic rings. The van der Waals surface area contributed by atoms with Crippen LogP contribution in [0, 0.1) is 27.7 Å². The first kappa shape index (κ1) is 21.9. The Bertz CT molecular complexity index is 619. The highest BCUT2D eigenvalue weighted by Crippen LogP contribution is 2.15. The molecule has 0 atom stereocenters. The molecule has 0 aliphatic heterocycles. The van der Waals surface area contributed by atoms with Crippen molar-refractivity contribution in [3.8, 4) is 0 Å². The van der Waals surface area contributed by atoms with E-state index in [1.165, 1.54) is 16.7 Å². The summed E-state index contributed by atoms with van der Waals surface area (Å²) in [7, 11) is 0. The predicted molar refractivity (Wildman–Crippen MR) is 104 cm³/mol. The van der Waals surface area contributed by atoms with Crippen LogP contribution in [0.1, 0.15) is 54.2 Å². The van der Waals surface area contributed by atoms with Crippen LogP contribution in [-0.2, 0) is 17.6 Å². The second-order valence-corrected chi connectivity index (χ2v) is 5.77. The van der Waals surface area contributed by atoms with Crippen molar-refractivity contribution < 1.29 is 9.90 Å². The molecule has 0 amide bonds. The van der Waals surface area contributed by atoms with Gasteiger partial charge in [-0.2, -0.15) is 0 Å². The molecule has 0 fully saturated rings. The van der Waals surface area contributed by atoms with E-state index in [0.717, 1.165) is 23.1 Å². The smallest absolute Gasteiger partial charge is 0.307 e. The maximum absolute atomic E-state index is 10.5. The second kappa shape index (κ2) is 11.4. The van der Waals surface area contributed by atoms with E-state index in [2.05, 4.69) is 45.0 Å². The summed E-state index contributed by atoms with van der Waals surface area (Å²) in [5.41, 5.74) is 7.24. The third-order valence-corrected chi connectivity index (χ3v) is 3.83. The maximum Gasteiger partial charge on any atom is 0.307 e. The molecule has 0 bridgehead atoms. The fourth-order valence-electron chi connectivity index (χ4n) is 2.33. The molecule has 2 nitrogen and oxygen atoms in total. The minimum absolute atomic E-state index is 0.113. The lowest BCUT2D eigenvalue weighted by atomic mass is 9.99. The molecule has 0 radical (unpaired) electrons. The van der Waals surface area contributed by atoms with Crippen LogP contribution in [0.2, 0.25) is 0 Å². The van der Waals surface area contributed by atoms with Gasteiger partial charge in [0, 0.05) is 0 Å². The van der Waals surface area contributed by atoms with Gasteiger partial charge in [-0.15, -0.1) is 0 Å². The number of aliphatic carboxylic acids is 1. The first-order valence-electron chi connectivity index (χ1n) is 8.67. The number of hydrogen-bond acceptors (Lipinski definition) is 1. The van der Waals surface area contributed by atoms with Crippen molar-refractivity contribution in [3.05, 3.63) is 69.8 Å². The number of carboxylic acids is 1. The predicted octanol–water partition coefficient (Wildman–Crippen LogP) is 5.82. The molecule has 0 spiro atoms. The summed E-state index contributed by atoms with van der Waals surface area (Å²) in [6.07, 6.45) is 1.25. The summed E-state index contributed by atoms with van der Waals surface area (Å²) < 4.78 is 0. The molecule has 0 aliphatic carbocycles. The SMILES string of the molecule is CC.CCc1cccc(C)c1.Cc1cc(CC(=O)O)cc(C)c1C. The lowest BCUT2D eigenvalue weighted by Gasteiger charge is -2.07. The topological polar surface area (TPSA) is 37.3 Å². The van der Waals surface area contributed by atoms with Crippen molar-refractivity contribution in [2.24, 2.45) is 0 Å². The van der Waals surface area contributed by atoms with Crippen LogP contribution in [0.3, 0.4) is 0 Å². The largest absolute Gasteiger partial charge is 0.481 e. The molecule has 2 rings (SSSR count). The molecule has 0 saturated heterocycles. The van der Waals surface area contributed by atoms with Crippen LogP contribution in [0.5, 0.6) is 0 Å². The van der Waals surface area contributed by atoms with E-state index in [9.17, 15) is 4.79 Å². The van der Waals surface area contributed by atoms with E-state index in [-0.39, 0.29) is 6.42 Å². The van der Waals surface area contributed by atoms with Gasteiger partial charge in [0.1, 0.15) is 0 Å². The van der Waals surface area contributed by atoms with Crippen LogP contribution >= 0.6 is 0 Å². The summed E-state index contributed by atoms with van der Waals surface area (Å²) in [6.45, 7) is 14.4. The number of aryl methyl sites for hydroxylation is 4. The molecule has 0 saturated carbocycles. The fraction of sp³-hybridized carbons (Fsp3) is 0.409. The monoisotopic (exact) mass is 328 g/mol. The zero-order chi connectivity index (χ0) is 18.7. The highest BCUT2D eigenvalue weighted by Gasteiger charge is 2.04. The Morgan fingerprint density at radius 3 is 1.83 bits per heavy atom. The first-order chi connectivity index (χ1) is 11.3. The number of rotatable bonds is 3. The normalized spacial score (nSPS) is 9.29. The molecule has 24 heavy (non-hydrogen) atoms. The summed E-state index contributed by atoms with van der Waals surface area (Å²) in [6, 6.07) is 12.5. The molecular weight excluding hydrogens is 296 g/mol. The minimum atomic E-state index is -0.775. The molecular formula is C22H32O2. The standard InChI is InChI=1S/C11H14O2.C9H12.C2H6/c1-7-4-10(6-11(12)13)5-8(2)9(7)3;1-3-9-6-4-5-8(2)7-9;1-2/h4-5H,6H2,1-3H3,(H,12,13);4-7H,3H2,1-2H3;1-2H3. The number of hydrogen-bond donors (Lipinski definition) is 1. The molecule has 132 valence electrons. The fourth-order valence-corrected chi connectivity index (χ4v) is 2.33. The van der Waals surface area contributed by atoms with Gasteiger partial charge in [0.2, 0.25) is 0 Å². The van der Waals surface area contributed by atoms with E-state index in [1.54, 1.807) is 0 Å². The Kier molecular flexibility index (Phi) is 10.4. The molecule has 2 heteroatoms. The van der Waals surface area contributed by atoms with Crippen LogP contribution in [0.4, 0.5) is 0 Å². The van der Waals surface area contributed by atoms with Crippen molar-refractivity contribution >= 4 is 5.97 Å². The third kappa shape index (κ3) is 7.96. The quantitative estimate of drug-likeness (QED) is 0.770.